The van der Waals surface area contributed by atoms with Crippen molar-refractivity contribution in [2.24, 2.45) is 0 Å². The van der Waals surface area contributed by atoms with Gasteiger partial charge in [-0.25, -0.2) is 4.39 Å². The summed E-state index contributed by atoms with van der Waals surface area (Å²) in [4.78, 5) is 10.7. The summed E-state index contributed by atoms with van der Waals surface area (Å²) in [7, 11) is 0. The van der Waals surface area contributed by atoms with Gasteiger partial charge in [0.2, 0.25) is 0 Å². The van der Waals surface area contributed by atoms with E-state index in [0.29, 0.717) is 23.1 Å². The van der Waals surface area contributed by atoms with E-state index in [1.54, 1.807) is 4.57 Å². The molecule has 0 unspecified atom stereocenters. The zero-order valence-corrected chi connectivity index (χ0v) is 13.1. The van der Waals surface area contributed by atoms with Crippen molar-refractivity contribution in [1.29, 1.82) is 0 Å². The van der Waals surface area contributed by atoms with E-state index < -0.39 is 11.8 Å². The maximum Gasteiger partial charge on any atom is 0.313 e. The van der Waals surface area contributed by atoms with Crippen LogP contribution in [0.3, 0.4) is 0 Å². The zero-order valence-electron chi connectivity index (χ0n) is 10.8. The van der Waals surface area contributed by atoms with Crippen LogP contribution in [-0.2, 0) is 11.2 Å². The second kappa shape index (κ2) is 6.64. The molecule has 0 radical (unpaired) electrons. The number of rotatable bonds is 5. The van der Waals surface area contributed by atoms with Crippen molar-refractivity contribution in [3.63, 3.8) is 0 Å². The van der Waals surface area contributed by atoms with Gasteiger partial charge in [0.1, 0.15) is 11.6 Å². The molecule has 0 saturated carbocycles. The number of halogens is 3. The summed E-state index contributed by atoms with van der Waals surface area (Å²) in [5.74, 6) is -1.17. The number of hydrogen-bond acceptors (Lipinski definition) is 4. The summed E-state index contributed by atoms with van der Waals surface area (Å²) in [5.41, 5.74) is 0.342. The maximum atomic E-state index is 13.3. The number of carboxylic acids is 1. The molecular weight excluding hydrogens is 340 g/mol. The topological polar surface area (TPSA) is 68.0 Å². The Balaban J connectivity index is 2.56. The summed E-state index contributed by atoms with van der Waals surface area (Å²) in [5, 5.41) is 17.2. The average molecular weight is 350 g/mol. The lowest BCUT2D eigenvalue weighted by atomic mass is 10.3. The first-order chi connectivity index (χ1) is 9.93. The minimum atomic E-state index is -0.983. The van der Waals surface area contributed by atoms with E-state index in [1.807, 2.05) is 6.92 Å². The van der Waals surface area contributed by atoms with E-state index >= 15 is 0 Å². The molecule has 0 aliphatic carbocycles. The predicted molar refractivity (Wildman–Crippen MR) is 79.1 cm³/mol. The summed E-state index contributed by atoms with van der Waals surface area (Å²) in [6.45, 7) is 1.86. The van der Waals surface area contributed by atoms with Gasteiger partial charge >= 0.3 is 5.97 Å². The number of aliphatic carboxylic acids is 1. The van der Waals surface area contributed by atoms with Crippen molar-refractivity contribution in [3.05, 3.63) is 33.8 Å². The van der Waals surface area contributed by atoms with Crippen molar-refractivity contribution in [3.8, 4) is 5.69 Å². The standard InChI is InChI=1S/C12H10Cl2FN3O2S/c1-2-9-16-17-12(21-5-10(19)20)18(9)11-7(13)3-6(15)4-8(11)14/h3-4H,2,5H2,1H3,(H,19,20). The summed E-state index contributed by atoms with van der Waals surface area (Å²) in [6.07, 6.45) is 0.532. The Bertz CT molecular complexity index is 670. The Kier molecular flexibility index (Phi) is 5.08. The van der Waals surface area contributed by atoms with Crippen molar-refractivity contribution in [1.82, 2.24) is 14.8 Å². The molecule has 9 heteroatoms. The molecule has 2 aromatic rings. The van der Waals surface area contributed by atoms with Crippen molar-refractivity contribution < 1.29 is 14.3 Å². The van der Waals surface area contributed by atoms with Crippen LogP contribution in [0, 0.1) is 5.82 Å². The molecule has 2 rings (SSSR count). The van der Waals surface area contributed by atoms with Crippen LogP contribution in [0.2, 0.25) is 10.0 Å². The Labute approximate surface area is 134 Å². The minimum absolute atomic E-state index is 0.103. The largest absolute Gasteiger partial charge is 0.481 e. The lowest BCUT2D eigenvalue weighted by molar-refractivity contribution is -0.133. The molecule has 0 aliphatic heterocycles. The highest BCUT2D eigenvalue weighted by Gasteiger charge is 2.19. The van der Waals surface area contributed by atoms with Gasteiger partial charge in [0.15, 0.2) is 5.16 Å². The summed E-state index contributed by atoms with van der Waals surface area (Å²) in [6, 6.07) is 2.27. The molecule has 0 fully saturated rings. The van der Waals surface area contributed by atoms with Crippen LogP contribution in [0.1, 0.15) is 12.7 Å². The third kappa shape index (κ3) is 3.48. The molecule has 0 atom stereocenters. The molecular formula is C12H10Cl2FN3O2S. The molecule has 0 saturated heterocycles. The molecule has 0 aliphatic rings. The number of aryl methyl sites for hydroxylation is 1. The fourth-order valence-corrected chi connectivity index (χ4v) is 3.03. The van der Waals surface area contributed by atoms with Crippen LogP contribution in [0.4, 0.5) is 4.39 Å². The Morgan fingerprint density at radius 1 is 1.38 bits per heavy atom. The second-order valence-electron chi connectivity index (χ2n) is 3.99. The minimum Gasteiger partial charge on any atom is -0.481 e. The van der Waals surface area contributed by atoms with Gasteiger partial charge < -0.3 is 5.11 Å². The van der Waals surface area contributed by atoms with Gasteiger partial charge in [-0.15, -0.1) is 10.2 Å². The Morgan fingerprint density at radius 2 is 2.00 bits per heavy atom. The lowest BCUT2D eigenvalue weighted by Gasteiger charge is -2.12. The van der Waals surface area contributed by atoms with Crippen molar-refractivity contribution >= 4 is 40.9 Å². The third-order valence-electron chi connectivity index (χ3n) is 2.55. The van der Waals surface area contributed by atoms with Gasteiger partial charge in [-0.2, -0.15) is 0 Å². The van der Waals surface area contributed by atoms with E-state index in [2.05, 4.69) is 10.2 Å². The SMILES string of the molecule is CCc1nnc(SCC(=O)O)n1-c1c(Cl)cc(F)cc1Cl. The highest BCUT2D eigenvalue weighted by atomic mass is 35.5. The molecule has 1 aromatic carbocycles. The van der Waals surface area contributed by atoms with Gasteiger partial charge in [-0.05, 0) is 12.1 Å². The number of nitrogens with zero attached hydrogens (tertiary/aromatic N) is 3. The van der Waals surface area contributed by atoms with Crippen LogP contribution in [0.25, 0.3) is 5.69 Å². The van der Waals surface area contributed by atoms with Gasteiger partial charge in [0.05, 0.1) is 21.5 Å². The first-order valence-corrected chi connectivity index (χ1v) is 7.62. The van der Waals surface area contributed by atoms with Gasteiger partial charge in [-0.1, -0.05) is 41.9 Å². The molecule has 1 N–H and O–H groups in total. The maximum absolute atomic E-state index is 13.3. The molecule has 1 aromatic heterocycles. The lowest BCUT2D eigenvalue weighted by Crippen LogP contribution is -2.06. The monoisotopic (exact) mass is 349 g/mol. The van der Waals surface area contributed by atoms with Crippen molar-refractivity contribution in [2.45, 2.75) is 18.5 Å². The number of aromatic nitrogens is 3. The van der Waals surface area contributed by atoms with Crippen molar-refractivity contribution in [2.75, 3.05) is 5.75 Å². The highest BCUT2D eigenvalue weighted by molar-refractivity contribution is 7.99. The second-order valence-corrected chi connectivity index (χ2v) is 5.75. The van der Waals surface area contributed by atoms with E-state index in [-0.39, 0.29) is 15.8 Å². The van der Waals surface area contributed by atoms with E-state index in [0.717, 1.165) is 23.9 Å². The molecule has 0 amide bonds. The number of carbonyl (C=O) groups is 1. The number of thioether (sulfide) groups is 1. The predicted octanol–water partition coefficient (Wildman–Crippen LogP) is 3.45. The van der Waals surface area contributed by atoms with E-state index in [9.17, 15) is 9.18 Å². The smallest absolute Gasteiger partial charge is 0.313 e. The van der Waals surface area contributed by atoms with Crippen LogP contribution < -0.4 is 0 Å². The van der Waals surface area contributed by atoms with Crippen LogP contribution in [-0.4, -0.2) is 31.6 Å². The molecule has 0 spiro atoms. The first kappa shape index (κ1) is 16.1. The number of carboxylic acid groups (broad SMARTS) is 1. The van der Waals surface area contributed by atoms with E-state index in [1.165, 1.54) is 0 Å². The number of hydrogen-bond donors (Lipinski definition) is 1. The molecule has 0 bridgehead atoms. The van der Waals surface area contributed by atoms with Gasteiger partial charge in [0, 0.05) is 6.42 Å². The van der Waals surface area contributed by atoms with Crippen LogP contribution in [0.15, 0.2) is 17.3 Å². The molecule has 21 heavy (non-hydrogen) atoms. The number of benzene rings is 1. The average Bonchev–Trinajstić information content (AvgIpc) is 2.78. The van der Waals surface area contributed by atoms with Crippen LogP contribution in [0.5, 0.6) is 0 Å². The van der Waals surface area contributed by atoms with Gasteiger partial charge in [0.25, 0.3) is 0 Å². The normalized spacial score (nSPS) is 10.9. The molecule has 1 heterocycles. The fourth-order valence-electron chi connectivity index (χ4n) is 1.72. The zero-order chi connectivity index (χ0) is 15.6. The van der Waals surface area contributed by atoms with E-state index in [4.69, 9.17) is 28.3 Å². The van der Waals surface area contributed by atoms with Gasteiger partial charge in [-0.3, -0.25) is 9.36 Å². The molecule has 5 nitrogen and oxygen atoms in total. The summed E-state index contributed by atoms with van der Waals surface area (Å²) >= 11 is 13.1. The third-order valence-corrected chi connectivity index (χ3v) is 4.04. The highest BCUT2D eigenvalue weighted by Crippen LogP contribution is 2.33. The quantitative estimate of drug-likeness (QED) is 0.837. The Morgan fingerprint density at radius 3 is 2.52 bits per heavy atom. The molecule has 112 valence electrons. The first-order valence-electron chi connectivity index (χ1n) is 5.87. The van der Waals surface area contributed by atoms with Crippen LogP contribution >= 0.6 is 35.0 Å². The summed E-state index contributed by atoms with van der Waals surface area (Å²) < 4.78 is 14.8. The fraction of sp³-hybridized carbons (Fsp3) is 0.250. The Hall–Kier alpha value is -1.31.